The second-order valence-electron chi connectivity index (χ2n) is 10.3. The van der Waals surface area contributed by atoms with Gasteiger partial charge in [0.25, 0.3) is 0 Å². The molecule has 2 atom stereocenters. The Kier molecular flexibility index (Phi) is 9.52. The van der Waals surface area contributed by atoms with Crippen LogP contribution in [0.3, 0.4) is 0 Å². The van der Waals surface area contributed by atoms with Gasteiger partial charge in [-0.3, -0.25) is 9.59 Å². The van der Waals surface area contributed by atoms with E-state index < -0.39 is 26.8 Å². The second-order valence-corrected chi connectivity index (χ2v) is 14.3. The molecule has 8 nitrogen and oxygen atoms in total. The Morgan fingerprint density at radius 3 is 2.63 bits per heavy atom. The van der Waals surface area contributed by atoms with Crippen molar-refractivity contribution in [3.63, 3.8) is 0 Å². The monoisotopic (exact) mass is 582 g/mol. The van der Waals surface area contributed by atoms with Gasteiger partial charge < -0.3 is 9.64 Å². The lowest BCUT2D eigenvalue weighted by atomic mass is 9.97. The van der Waals surface area contributed by atoms with Crippen molar-refractivity contribution < 1.29 is 27.6 Å². The van der Waals surface area contributed by atoms with Crippen LogP contribution in [-0.4, -0.2) is 56.9 Å². The van der Waals surface area contributed by atoms with Crippen LogP contribution in [0.15, 0.2) is 36.4 Å². The molecule has 2 aliphatic heterocycles. The maximum atomic E-state index is 14.0. The van der Waals surface area contributed by atoms with Crippen molar-refractivity contribution in [2.75, 3.05) is 25.4 Å². The molecule has 1 unspecified atom stereocenters. The lowest BCUT2D eigenvalue weighted by Crippen LogP contribution is -2.43. The summed E-state index contributed by atoms with van der Waals surface area (Å²) in [7, 11) is -3.84. The molecule has 4 rings (SSSR count). The number of benzene rings is 1. The van der Waals surface area contributed by atoms with Gasteiger partial charge in [0.15, 0.2) is 16.1 Å². The second kappa shape index (κ2) is 12.5. The van der Waals surface area contributed by atoms with Crippen molar-refractivity contribution in [2.24, 2.45) is 5.92 Å². The van der Waals surface area contributed by atoms with Crippen molar-refractivity contribution in [3.05, 3.63) is 46.3 Å². The summed E-state index contributed by atoms with van der Waals surface area (Å²) in [6.45, 7) is 4.84. The molecule has 1 aromatic heterocycles. The third-order valence-corrected chi connectivity index (χ3v) is 11.2. The Balaban J connectivity index is 1.63. The van der Waals surface area contributed by atoms with Crippen LogP contribution < -0.4 is 5.48 Å². The molecule has 0 bridgehead atoms. The topological polar surface area (TPSA) is 102 Å². The fourth-order valence-electron chi connectivity index (χ4n) is 4.88. The number of hydrogen-bond donors (Lipinski definition) is 1. The molecule has 0 spiro atoms. The van der Waals surface area contributed by atoms with Crippen molar-refractivity contribution in [1.82, 2.24) is 10.4 Å². The Bertz CT molecular complexity index is 1220. The fraction of sp³-hybridized carbons (Fsp3) is 0.556. The number of nitrogens with one attached hydrogen (secondary N) is 1. The molecule has 1 aromatic carbocycles. The van der Waals surface area contributed by atoms with Crippen LogP contribution in [0, 0.1) is 5.92 Å². The SMILES string of the molecule is CC(C)CC(=O)N1CC[C@](CC(=O)NOC2CCCCO2)(c2ccc(-c3ccc(Cl)cc3)s2)S(=O)(=O)CC1. The number of ether oxygens (including phenoxy) is 1. The van der Waals surface area contributed by atoms with Crippen molar-refractivity contribution in [2.45, 2.75) is 63.4 Å². The van der Waals surface area contributed by atoms with Crippen LogP contribution in [0.4, 0.5) is 0 Å². The van der Waals surface area contributed by atoms with E-state index in [0.29, 0.717) is 29.3 Å². The summed E-state index contributed by atoms with van der Waals surface area (Å²) < 4.78 is 31.9. The average molecular weight is 583 g/mol. The first kappa shape index (κ1) is 29.0. The highest BCUT2D eigenvalue weighted by Gasteiger charge is 2.50. The molecule has 2 fully saturated rings. The van der Waals surface area contributed by atoms with Gasteiger partial charge in [0.05, 0.1) is 12.2 Å². The molecule has 2 aromatic rings. The van der Waals surface area contributed by atoms with E-state index in [1.807, 2.05) is 32.0 Å². The summed E-state index contributed by atoms with van der Waals surface area (Å²) in [5.74, 6) is -0.658. The molecule has 11 heteroatoms. The van der Waals surface area contributed by atoms with Gasteiger partial charge in [0, 0.05) is 47.3 Å². The highest BCUT2D eigenvalue weighted by Crippen LogP contribution is 2.45. The van der Waals surface area contributed by atoms with Crippen LogP contribution in [0.2, 0.25) is 5.02 Å². The first-order chi connectivity index (χ1) is 18.1. The summed E-state index contributed by atoms with van der Waals surface area (Å²) >= 11 is 7.39. The number of amides is 2. The summed E-state index contributed by atoms with van der Waals surface area (Å²) in [6, 6.07) is 11.0. The first-order valence-corrected chi connectivity index (χ1v) is 15.9. The summed E-state index contributed by atoms with van der Waals surface area (Å²) in [6.07, 6.45) is 2.14. The molecule has 3 heterocycles. The van der Waals surface area contributed by atoms with E-state index in [1.165, 1.54) is 11.3 Å². The van der Waals surface area contributed by atoms with Crippen LogP contribution in [0.5, 0.6) is 0 Å². The zero-order chi connectivity index (χ0) is 27.3. The molecule has 0 saturated carbocycles. The van der Waals surface area contributed by atoms with Crippen LogP contribution in [0.1, 0.15) is 57.2 Å². The highest BCUT2D eigenvalue weighted by atomic mass is 35.5. The van der Waals surface area contributed by atoms with Crippen LogP contribution in [0.25, 0.3) is 10.4 Å². The van der Waals surface area contributed by atoms with E-state index in [0.717, 1.165) is 23.3 Å². The molecule has 1 N–H and O–H groups in total. The van der Waals surface area contributed by atoms with Gasteiger partial charge in [0.1, 0.15) is 4.75 Å². The van der Waals surface area contributed by atoms with Gasteiger partial charge >= 0.3 is 0 Å². The van der Waals surface area contributed by atoms with Crippen molar-refractivity contribution >= 4 is 44.6 Å². The number of carbonyl (C=O) groups excluding carboxylic acids is 2. The molecule has 2 amide bonds. The van der Waals surface area contributed by atoms with Crippen LogP contribution in [-0.2, 0) is 33.7 Å². The van der Waals surface area contributed by atoms with E-state index in [9.17, 15) is 18.0 Å². The van der Waals surface area contributed by atoms with Crippen LogP contribution >= 0.6 is 22.9 Å². The molecule has 2 saturated heterocycles. The molecule has 2 aliphatic rings. The lowest BCUT2D eigenvalue weighted by molar-refractivity contribution is -0.200. The Hall–Kier alpha value is -1.98. The molecular formula is C27H35ClN2O6S2. The minimum Gasteiger partial charge on any atom is -0.350 e. The maximum absolute atomic E-state index is 14.0. The zero-order valence-electron chi connectivity index (χ0n) is 21.8. The maximum Gasteiger partial charge on any atom is 0.245 e. The number of halogens is 1. The predicted octanol–water partition coefficient (Wildman–Crippen LogP) is 4.92. The third kappa shape index (κ3) is 6.77. The van der Waals surface area contributed by atoms with E-state index in [2.05, 4.69) is 5.48 Å². The number of hydrogen-bond acceptors (Lipinski definition) is 7. The van der Waals surface area contributed by atoms with E-state index in [-0.39, 0.29) is 43.5 Å². The molecule has 208 valence electrons. The van der Waals surface area contributed by atoms with Crippen molar-refractivity contribution in [3.8, 4) is 10.4 Å². The third-order valence-electron chi connectivity index (χ3n) is 7.02. The zero-order valence-corrected chi connectivity index (χ0v) is 24.2. The van der Waals surface area contributed by atoms with Gasteiger partial charge in [-0.15, -0.1) is 11.3 Å². The Morgan fingerprint density at radius 1 is 1.18 bits per heavy atom. The molecule has 0 radical (unpaired) electrons. The molecule has 0 aliphatic carbocycles. The largest absolute Gasteiger partial charge is 0.350 e. The smallest absolute Gasteiger partial charge is 0.245 e. The number of nitrogens with zero attached hydrogens (tertiary/aromatic N) is 1. The van der Waals surface area contributed by atoms with Gasteiger partial charge in [-0.2, -0.15) is 0 Å². The first-order valence-electron chi connectivity index (χ1n) is 13.0. The lowest BCUT2D eigenvalue weighted by Gasteiger charge is -2.31. The predicted molar refractivity (Wildman–Crippen MR) is 148 cm³/mol. The minimum absolute atomic E-state index is 0.0683. The summed E-state index contributed by atoms with van der Waals surface area (Å²) in [4.78, 5) is 34.5. The van der Waals surface area contributed by atoms with Gasteiger partial charge in [0.2, 0.25) is 11.8 Å². The Morgan fingerprint density at radius 2 is 1.95 bits per heavy atom. The summed E-state index contributed by atoms with van der Waals surface area (Å²) in [5, 5.41) is 0.609. The van der Waals surface area contributed by atoms with Gasteiger partial charge in [-0.25, -0.2) is 18.7 Å². The average Bonchev–Trinajstić information content (AvgIpc) is 3.33. The van der Waals surface area contributed by atoms with E-state index in [1.54, 1.807) is 23.1 Å². The number of rotatable bonds is 8. The quantitative estimate of drug-likeness (QED) is 0.443. The van der Waals surface area contributed by atoms with Crippen molar-refractivity contribution in [1.29, 1.82) is 0 Å². The highest BCUT2D eigenvalue weighted by molar-refractivity contribution is 7.92. The Labute approximate surface area is 233 Å². The van der Waals surface area contributed by atoms with E-state index >= 15 is 0 Å². The number of carbonyl (C=O) groups is 2. The molecular weight excluding hydrogens is 548 g/mol. The number of thiophene rings is 1. The molecule has 38 heavy (non-hydrogen) atoms. The summed E-state index contributed by atoms with van der Waals surface area (Å²) in [5.41, 5.74) is 3.34. The number of sulfone groups is 1. The number of hydroxylamine groups is 1. The fourth-order valence-corrected chi connectivity index (χ4v) is 8.62. The normalized spacial score (nSPS) is 23.7. The van der Waals surface area contributed by atoms with Gasteiger partial charge in [-0.1, -0.05) is 37.6 Å². The van der Waals surface area contributed by atoms with E-state index in [4.69, 9.17) is 21.2 Å². The van der Waals surface area contributed by atoms with Gasteiger partial charge in [-0.05, 0) is 55.0 Å². The minimum atomic E-state index is -3.84. The standard InChI is InChI=1S/C27H35ClN2O6S2/c1-19(2)17-25(32)30-13-12-27(38(33,34)16-14-30,18-24(31)29-36-26-5-3-4-15-35-26)23-11-10-22(37-23)20-6-8-21(28)9-7-20/h6-11,19,26H,3-5,12-18H2,1-2H3,(H,29,31)/t26?,27-/m0/s1.